The van der Waals surface area contributed by atoms with Gasteiger partial charge in [0.2, 0.25) is 5.91 Å². The van der Waals surface area contributed by atoms with Crippen molar-refractivity contribution in [1.82, 2.24) is 5.32 Å². The monoisotopic (exact) mass is 500 g/mol. The molecule has 2 amide bonds. The molecule has 7 heteroatoms. The van der Waals surface area contributed by atoms with Crippen molar-refractivity contribution >= 4 is 46.0 Å². The third kappa shape index (κ3) is 7.71. The van der Waals surface area contributed by atoms with E-state index in [1.165, 1.54) is 5.56 Å². The number of benzene rings is 4. The van der Waals surface area contributed by atoms with E-state index < -0.39 is 5.97 Å². The summed E-state index contributed by atoms with van der Waals surface area (Å²) in [5.41, 5.74) is 2.48. The lowest BCUT2D eigenvalue weighted by Gasteiger charge is -2.12. The molecule has 0 aliphatic carbocycles. The van der Waals surface area contributed by atoms with Crippen LogP contribution >= 0.6 is 11.8 Å². The second-order valence-corrected chi connectivity index (χ2v) is 9.03. The molecule has 4 aromatic carbocycles. The van der Waals surface area contributed by atoms with Crippen molar-refractivity contribution in [3.05, 3.63) is 102 Å². The van der Waals surface area contributed by atoms with Gasteiger partial charge in [-0.15, -0.1) is 0 Å². The van der Waals surface area contributed by atoms with Crippen LogP contribution in [0.5, 0.6) is 0 Å². The highest BCUT2D eigenvalue weighted by atomic mass is 32.2. The standard InChI is InChI=1S/C26H22N2O2S.C3H6O2/c1-18-13-15-20(16-14-18)31-24-12-5-4-11-23(24)28-25(29)17-27-26(30)22-10-6-8-19-7-2-3-9-21(19)22;1-2-3(4)5/h2-16H,17H2,1H3,(H,27,30)(H,28,29);2H2,1H3,(H,4,5). The third-order valence-electron chi connectivity index (χ3n) is 5.16. The van der Waals surface area contributed by atoms with Crippen molar-refractivity contribution in [2.24, 2.45) is 0 Å². The highest BCUT2D eigenvalue weighted by molar-refractivity contribution is 7.99. The van der Waals surface area contributed by atoms with Gasteiger partial charge in [0.1, 0.15) is 0 Å². The minimum Gasteiger partial charge on any atom is -0.481 e. The molecule has 0 atom stereocenters. The van der Waals surface area contributed by atoms with Crippen LogP contribution < -0.4 is 10.6 Å². The number of hydrogen-bond acceptors (Lipinski definition) is 4. The Morgan fingerprint density at radius 2 is 1.47 bits per heavy atom. The molecule has 0 aromatic heterocycles. The number of carboxylic acid groups (broad SMARTS) is 1. The molecule has 0 heterocycles. The number of aliphatic carboxylic acids is 1. The van der Waals surface area contributed by atoms with Gasteiger partial charge in [-0.1, -0.05) is 84.9 Å². The summed E-state index contributed by atoms with van der Waals surface area (Å²) < 4.78 is 0. The van der Waals surface area contributed by atoms with E-state index in [1.807, 2.05) is 60.7 Å². The smallest absolute Gasteiger partial charge is 0.303 e. The van der Waals surface area contributed by atoms with Gasteiger partial charge < -0.3 is 15.7 Å². The Bertz CT molecular complexity index is 1350. The molecule has 0 fully saturated rings. The average Bonchev–Trinajstić information content (AvgIpc) is 2.89. The molecule has 36 heavy (non-hydrogen) atoms. The molecule has 3 N–H and O–H groups in total. The maximum absolute atomic E-state index is 12.7. The number of amides is 2. The molecule has 184 valence electrons. The molecule has 0 saturated heterocycles. The molecule has 4 rings (SSSR count). The summed E-state index contributed by atoms with van der Waals surface area (Å²) in [7, 11) is 0. The highest BCUT2D eigenvalue weighted by Gasteiger charge is 2.12. The second kappa shape index (κ2) is 13.1. The van der Waals surface area contributed by atoms with E-state index >= 15 is 0 Å². The van der Waals surface area contributed by atoms with Gasteiger partial charge in [-0.3, -0.25) is 14.4 Å². The number of aryl methyl sites for hydroxylation is 1. The van der Waals surface area contributed by atoms with Crippen LogP contribution in [-0.4, -0.2) is 29.4 Å². The fourth-order valence-electron chi connectivity index (χ4n) is 3.27. The molecule has 0 spiro atoms. The summed E-state index contributed by atoms with van der Waals surface area (Å²) in [5.74, 6) is -1.29. The van der Waals surface area contributed by atoms with E-state index in [2.05, 4.69) is 41.8 Å². The predicted octanol–water partition coefficient (Wildman–Crippen LogP) is 6.15. The molecular formula is C29H28N2O4S. The van der Waals surface area contributed by atoms with Crippen LogP contribution in [0.3, 0.4) is 0 Å². The van der Waals surface area contributed by atoms with Crippen LogP contribution in [0.1, 0.15) is 29.3 Å². The lowest BCUT2D eigenvalue weighted by Crippen LogP contribution is -2.33. The minimum atomic E-state index is -0.745. The van der Waals surface area contributed by atoms with E-state index in [1.54, 1.807) is 24.8 Å². The molecule has 0 saturated carbocycles. The number of fused-ring (bicyclic) bond motifs is 1. The van der Waals surface area contributed by atoms with Gasteiger partial charge >= 0.3 is 5.97 Å². The van der Waals surface area contributed by atoms with Crippen LogP contribution in [0.2, 0.25) is 0 Å². The Labute approximate surface area is 214 Å². The maximum atomic E-state index is 12.7. The van der Waals surface area contributed by atoms with Crippen LogP contribution in [0.15, 0.2) is 101 Å². The van der Waals surface area contributed by atoms with Crippen molar-refractivity contribution in [1.29, 1.82) is 0 Å². The van der Waals surface area contributed by atoms with E-state index in [9.17, 15) is 14.4 Å². The third-order valence-corrected chi connectivity index (χ3v) is 6.24. The Kier molecular flexibility index (Phi) is 9.65. The Morgan fingerprint density at radius 3 is 2.19 bits per heavy atom. The number of nitrogens with one attached hydrogen (secondary N) is 2. The number of carbonyl (C=O) groups is 3. The average molecular weight is 501 g/mol. The number of anilines is 1. The van der Waals surface area contributed by atoms with E-state index in [0.717, 1.165) is 26.3 Å². The molecule has 0 unspecified atom stereocenters. The first kappa shape index (κ1) is 26.5. The SMILES string of the molecule is CCC(=O)O.Cc1ccc(Sc2ccccc2NC(=O)CNC(=O)c2cccc3ccccc23)cc1. The van der Waals surface area contributed by atoms with Crippen molar-refractivity contribution in [2.75, 3.05) is 11.9 Å². The number of carboxylic acids is 1. The zero-order valence-electron chi connectivity index (χ0n) is 20.2. The molecule has 0 aliphatic heterocycles. The van der Waals surface area contributed by atoms with Gasteiger partial charge in [0, 0.05) is 21.8 Å². The van der Waals surface area contributed by atoms with Gasteiger partial charge in [-0.2, -0.15) is 0 Å². The summed E-state index contributed by atoms with van der Waals surface area (Å²) in [6, 6.07) is 29.2. The normalized spacial score (nSPS) is 10.2. The first-order chi connectivity index (χ1) is 17.4. The number of para-hydroxylation sites is 1. The number of hydrogen-bond donors (Lipinski definition) is 3. The summed E-state index contributed by atoms with van der Waals surface area (Å²) >= 11 is 1.59. The van der Waals surface area contributed by atoms with Crippen LogP contribution in [-0.2, 0) is 9.59 Å². The largest absolute Gasteiger partial charge is 0.481 e. The number of rotatable bonds is 7. The Morgan fingerprint density at radius 1 is 0.833 bits per heavy atom. The van der Waals surface area contributed by atoms with Gasteiger partial charge in [0.25, 0.3) is 5.91 Å². The van der Waals surface area contributed by atoms with Gasteiger partial charge in [0.05, 0.1) is 12.2 Å². The summed E-state index contributed by atoms with van der Waals surface area (Å²) in [5, 5.41) is 15.2. The lowest BCUT2D eigenvalue weighted by molar-refractivity contribution is -0.136. The van der Waals surface area contributed by atoms with Crippen molar-refractivity contribution in [3.63, 3.8) is 0 Å². The van der Waals surface area contributed by atoms with Crippen LogP contribution in [0.25, 0.3) is 10.8 Å². The molecule has 0 radical (unpaired) electrons. The van der Waals surface area contributed by atoms with Crippen molar-refractivity contribution < 1.29 is 19.5 Å². The fourth-order valence-corrected chi connectivity index (χ4v) is 4.17. The second-order valence-electron chi connectivity index (χ2n) is 7.92. The van der Waals surface area contributed by atoms with Gasteiger partial charge in [-0.25, -0.2) is 0 Å². The first-order valence-corrected chi connectivity index (χ1v) is 12.3. The minimum absolute atomic E-state index is 0.106. The number of carbonyl (C=O) groups excluding carboxylic acids is 2. The molecule has 4 aromatic rings. The molecule has 0 bridgehead atoms. The van der Waals surface area contributed by atoms with Gasteiger partial charge in [-0.05, 0) is 48.0 Å². The van der Waals surface area contributed by atoms with Crippen LogP contribution in [0.4, 0.5) is 5.69 Å². The van der Waals surface area contributed by atoms with E-state index in [-0.39, 0.29) is 24.8 Å². The summed E-state index contributed by atoms with van der Waals surface area (Å²) in [6.07, 6.45) is 0.222. The van der Waals surface area contributed by atoms with E-state index in [4.69, 9.17) is 5.11 Å². The molecule has 0 aliphatic rings. The summed E-state index contributed by atoms with van der Waals surface area (Å²) in [6.45, 7) is 3.54. The quantitative estimate of drug-likeness (QED) is 0.283. The zero-order valence-corrected chi connectivity index (χ0v) is 21.0. The topological polar surface area (TPSA) is 95.5 Å². The summed E-state index contributed by atoms with van der Waals surface area (Å²) in [4.78, 5) is 36.6. The lowest BCUT2D eigenvalue weighted by atomic mass is 10.0. The van der Waals surface area contributed by atoms with E-state index in [0.29, 0.717) is 5.56 Å². The highest BCUT2D eigenvalue weighted by Crippen LogP contribution is 2.33. The zero-order chi connectivity index (χ0) is 25.9. The molecule has 6 nitrogen and oxygen atoms in total. The Balaban J connectivity index is 0.000000658. The van der Waals surface area contributed by atoms with Crippen molar-refractivity contribution in [3.8, 4) is 0 Å². The van der Waals surface area contributed by atoms with Crippen LogP contribution in [0, 0.1) is 6.92 Å². The Hall–Kier alpha value is -4.10. The fraction of sp³-hybridized carbons (Fsp3) is 0.138. The molecular weight excluding hydrogens is 472 g/mol. The first-order valence-electron chi connectivity index (χ1n) is 11.5. The predicted molar refractivity (Wildman–Crippen MR) is 145 cm³/mol. The van der Waals surface area contributed by atoms with Gasteiger partial charge in [0.15, 0.2) is 0 Å². The maximum Gasteiger partial charge on any atom is 0.303 e. The van der Waals surface area contributed by atoms with Crippen molar-refractivity contribution in [2.45, 2.75) is 30.1 Å².